The molecule has 0 aliphatic rings. The van der Waals surface area contributed by atoms with Gasteiger partial charge in [0.05, 0.1) is 12.2 Å². The number of amides is 1. The first-order valence-corrected chi connectivity index (χ1v) is 6.90. The average Bonchev–Trinajstić information content (AvgIpc) is 2.39. The summed E-state index contributed by atoms with van der Waals surface area (Å²) in [5.74, 6) is 0.339. The first-order valence-electron chi connectivity index (χ1n) is 6.50. The maximum absolute atomic E-state index is 12.1. The third-order valence-electron chi connectivity index (χ3n) is 2.45. The van der Waals surface area contributed by atoms with Gasteiger partial charge in [-0.05, 0) is 37.7 Å². The molecule has 1 amide bonds. The molecule has 0 saturated carbocycles. The maximum Gasteiger partial charge on any atom is 0.261 e. The van der Waals surface area contributed by atoms with E-state index in [0.717, 1.165) is 12.8 Å². The van der Waals surface area contributed by atoms with Gasteiger partial charge in [0.25, 0.3) is 5.91 Å². The zero-order chi connectivity index (χ0) is 14.1. The molecule has 2 N–H and O–H groups in total. The van der Waals surface area contributed by atoms with Crippen LogP contribution in [0, 0.1) is 0 Å². The third kappa shape index (κ3) is 5.26. The Morgan fingerprint density at radius 1 is 1.32 bits per heavy atom. The number of nitrogens with one attached hydrogen (secondary N) is 2. The van der Waals surface area contributed by atoms with Gasteiger partial charge in [-0.25, -0.2) is 0 Å². The minimum absolute atomic E-state index is 0.252. The Labute approximate surface area is 119 Å². The predicted molar refractivity (Wildman–Crippen MR) is 80.6 cm³/mol. The van der Waals surface area contributed by atoms with Crippen LogP contribution < -0.4 is 15.4 Å². The molecule has 0 radical (unpaired) electrons. The molecule has 0 aromatic heterocycles. The van der Waals surface area contributed by atoms with E-state index >= 15 is 0 Å². The summed E-state index contributed by atoms with van der Waals surface area (Å²) in [5, 5.41) is 5.84. The number of hydrogen-bond donors (Lipinski definition) is 2. The number of thiocarbonyl (C=S) groups is 1. The van der Waals surface area contributed by atoms with Crippen LogP contribution in [0.25, 0.3) is 0 Å². The summed E-state index contributed by atoms with van der Waals surface area (Å²) < 4.78 is 5.62. The molecule has 5 heteroatoms. The highest BCUT2D eigenvalue weighted by Crippen LogP contribution is 2.18. The van der Waals surface area contributed by atoms with Gasteiger partial charge in [-0.3, -0.25) is 10.1 Å². The summed E-state index contributed by atoms with van der Waals surface area (Å²) >= 11 is 5.00. The van der Waals surface area contributed by atoms with Crippen LogP contribution in [0.2, 0.25) is 0 Å². The average molecular weight is 280 g/mol. The molecule has 0 atom stereocenters. The summed E-state index contributed by atoms with van der Waals surface area (Å²) in [7, 11) is 0. The number of unbranched alkanes of at least 4 members (excludes halogenated alkanes) is 1. The summed E-state index contributed by atoms with van der Waals surface area (Å²) in [6, 6.07) is 7.17. The topological polar surface area (TPSA) is 50.4 Å². The van der Waals surface area contributed by atoms with Crippen LogP contribution in [0.5, 0.6) is 5.75 Å². The molecule has 0 spiro atoms. The summed E-state index contributed by atoms with van der Waals surface area (Å²) in [4.78, 5) is 12.1. The zero-order valence-electron chi connectivity index (χ0n) is 11.4. The highest BCUT2D eigenvalue weighted by atomic mass is 32.1. The molecule has 0 aliphatic carbocycles. The fourth-order valence-electron chi connectivity index (χ4n) is 1.48. The molecule has 104 valence electrons. The van der Waals surface area contributed by atoms with Crippen molar-refractivity contribution < 1.29 is 9.53 Å². The number of para-hydroxylation sites is 1. The van der Waals surface area contributed by atoms with E-state index < -0.39 is 0 Å². The highest BCUT2D eigenvalue weighted by Gasteiger charge is 2.12. The minimum atomic E-state index is -0.252. The second-order valence-electron chi connectivity index (χ2n) is 4.01. The molecular weight excluding hydrogens is 260 g/mol. The van der Waals surface area contributed by atoms with E-state index in [1.807, 2.05) is 13.0 Å². The molecule has 4 nitrogen and oxygen atoms in total. The number of hydrogen-bond acceptors (Lipinski definition) is 3. The fraction of sp³-hybridized carbons (Fsp3) is 0.429. The highest BCUT2D eigenvalue weighted by molar-refractivity contribution is 7.80. The van der Waals surface area contributed by atoms with E-state index in [1.54, 1.807) is 18.2 Å². The predicted octanol–water partition coefficient (Wildman–Crippen LogP) is 2.49. The Kier molecular flexibility index (Phi) is 6.89. The van der Waals surface area contributed by atoms with Crippen molar-refractivity contribution in [2.75, 3.05) is 13.2 Å². The van der Waals surface area contributed by atoms with E-state index in [1.165, 1.54) is 0 Å². The first kappa shape index (κ1) is 15.4. The zero-order valence-corrected chi connectivity index (χ0v) is 12.2. The molecule has 1 aromatic rings. The third-order valence-corrected chi connectivity index (χ3v) is 2.70. The van der Waals surface area contributed by atoms with E-state index in [0.29, 0.717) is 29.6 Å². The van der Waals surface area contributed by atoms with Crippen molar-refractivity contribution in [3.05, 3.63) is 29.8 Å². The summed E-state index contributed by atoms with van der Waals surface area (Å²) in [5.41, 5.74) is 0.499. The quantitative estimate of drug-likeness (QED) is 0.621. The van der Waals surface area contributed by atoms with Crippen molar-refractivity contribution in [2.45, 2.75) is 26.7 Å². The molecule has 1 aromatic carbocycles. The van der Waals surface area contributed by atoms with Gasteiger partial charge in [0.1, 0.15) is 5.75 Å². The molecule has 0 heterocycles. The number of carbonyl (C=O) groups is 1. The number of carbonyl (C=O) groups excluding carboxylic acids is 1. The second-order valence-corrected chi connectivity index (χ2v) is 4.42. The van der Waals surface area contributed by atoms with Crippen LogP contribution in [0.1, 0.15) is 37.0 Å². The van der Waals surface area contributed by atoms with Crippen molar-refractivity contribution in [1.29, 1.82) is 0 Å². The number of benzene rings is 1. The van der Waals surface area contributed by atoms with Crippen LogP contribution in [0.4, 0.5) is 0 Å². The lowest BCUT2D eigenvalue weighted by molar-refractivity contribution is 0.0972. The Balaban J connectivity index is 2.70. The molecule has 0 bridgehead atoms. The Hall–Kier alpha value is -1.62. The van der Waals surface area contributed by atoms with Gasteiger partial charge in [-0.1, -0.05) is 25.5 Å². The van der Waals surface area contributed by atoms with E-state index in [-0.39, 0.29) is 5.91 Å². The standard InChI is InChI=1S/C14H20N2O2S/c1-3-5-10-18-12-9-7-6-8-11(12)13(17)16-14(19)15-4-2/h6-9H,3-5,10H2,1-2H3,(H2,15,16,17,19). The van der Waals surface area contributed by atoms with Gasteiger partial charge in [-0.2, -0.15) is 0 Å². The Morgan fingerprint density at radius 3 is 2.74 bits per heavy atom. The van der Waals surface area contributed by atoms with E-state index in [9.17, 15) is 4.79 Å². The largest absolute Gasteiger partial charge is 0.493 e. The first-order chi connectivity index (χ1) is 9.19. The molecule has 0 saturated heterocycles. The van der Waals surface area contributed by atoms with Crippen LogP contribution >= 0.6 is 12.2 Å². The Bertz CT molecular complexity index is 435. The van der Waals surface area contributed by atoms with Gasteiger partial charge in [0.2, 0.25) is 0 Å². The Morgan fingerprint density at radius 2 is 2.05 bits per heavy atom. The molecule has 1 rings (SSSR count). The molecule has 0 unspecified atom stereocenters. The summed E-state index contributed by atoms with van der Waals surface area (Å²) in [6.45, 7) is 5.29. The van der Waals surface area contributed by atoms with Crippen molar-refractivity contribution in [3.63, 3.8) is 0 Å². The molecule has 0 aliphatic heterocycles. The minimum Gasteiger partial charge on any atom is -0.493 e. The smallest absolute Gasteiger partial charge is 0.261 e. The lowest BCUT2D eigenvalue weighted by Gasteiger charge is -2.12. The summed E-state index contributed by atoms with van der Waals surface area (Å²) in [6.07, 6.45) is 2.02. The van der Waals surface area contributed by atoms with Crippen molar-refractivity contribution >= 4 is 23.2 Å². The monoisotopic (exact) mass is 280 g/mol. The van der Waals surface area contributed by atoms with Gasteiger partial charge in [0, 0.05) is 6.54 Å². The van der Waals surface area contributed by atoms with Gasteiger partial charge in [0.15, 0.2) is 5.11 Å². The van der Waals surface area contributed by atoms with Gasteiger partial charge in [-0.15, -0.1) is 0 Å². The van der Waals surface area contributed by atoms with Crippen LogP contribution in [-0.4, -0.2) is 24.2 Å². The van der Waals surface area contributed by atoms with Crippen molar-refractivity contribution in [1.82, 2.24) is 10.6 Å². The van der Waals surface area contributed by atoms with Crippen LogP contribution in [0.15, 0.2) is 24.3 Å². The van der Waals surface area contributed by atoms with Gasteiger partial charge >= 0.3 is 0 Å². The van der Waals surface area contributed by atoms with Crippen LogP contribution in [-0.2, 0) is 0 Å². The molecule has 0 fully saturated rings. The van der Waals surface area contributed by atoms with Crippen LogP contribution in [0.3, 0.4) is 0 Å². The van der Waals surface area contributed by atoms with Crippen molar-refractivity contribution in [2.24, 2.45) is 0 Å². The number of ether oxygens (including phenoxy) is 1. The normalized spacial score (nSPS) is 9.79. The maximum atomic E-state index is 12.1. The lowest BCUT2D eigenvalue weighted by atomic mass is 10.2. The molecular formula is C14H20N2O2S. The second kappa shape index (κ2) is 8.48. The van der Waals surface area contributed by atoms with E-state index in [4.69, 9.17) is 17.0 Å². The van der Waals surface area contributed by atoms with Crippen molar-refractivity contribution in [3.8, 4) is 5.75 Å². The number of rotatable bonds is 6. The molecule has 19 heavy (non-hydrogen) atoms. The van der Waals surface area contributed by atoms with E-state index in [2.05, 4.69) is 17.6 Å². The fourth-order valence-corrected chi connectivity index (χ4v) is 1.72. The van der Waals surface area contributed by atoms with Gasteiger partial charge < -0.3 is 10.1 Å². The SMILES string of the molecule is CCCCOc1ccccc1C(=O)NC(=S)NCC. The lowest BCUT2D eigenvalue weighted by Crippen LogP contribution is -2.39.